The zero-order chi connectivity index (χ0) is 14.5. The molecule has 0 bridgehead atoms. The van der Waals surface area contributed by atoms with Gasteiger partial charge in [0.2, 0.25) is 0 Å². The summed E-state index contributed by atoms with van der Waals surface area (Å²) in [6, 6.07) is 3.31. The van der Waals surface area contributed by atoms with Gasteiger partial charge in [-0.1, -0.05) is 11.6 Å². The van der Waals surface area contributed by atoms with Gasteiger partial charge < -0.3 is 5.32 Å². The second kappa shape index (κ2) is 4.41. The van der Waals surface area contributed by atoms with Crippen molar-refractivity contribution in [2.45, 2.75) is 12.6 Å². The Morgan fingerprint density at radius 1 is 1.35 bits per heavy atom. The molecule has 2 aromatic rings. The number of fused-ring (bicyclic) bond motifs is 1. The van der Waals surface area contributed by atoms with Crippen LogP contribution in [-0.2, 0) is 19.6 Å². The highest BCUT2D eigenvalue weighted by atomic mass is 35.5. The van der Waals surface area contributed by atoms with Crippen LogP contribution in [0.1, 0.15) is 11.1 Å². The molecule has 0 spiro atoms. The Balaban J connectivity index is 2.18. The number of aromatic nitrogens is 2. The van der Waals surface area contributed by atoms with Gasteiger partial charge in [0.1, 0.15) is 5.82 Å². The lowest BCUT2D eigenvalue weighted by Crippen LogP contribution is -2.05. The van der Waals surface area contributed by atoms with Gasteiger partial charge in [-0.05, 0) is 24.6 Å². The fourth-order valence-electron chi connectivity index (χ4n) is 2.43. The molecule has 1 aromatic carbocycles. The minimum atomic E-state index is -4.39. The molecule has 0 saturated carbocycles. The van der Waals surface area contributed by atoms with Crippen molar-refractivity contribution < 1.29 is 13.2 Å². The van der Waals surface area contributed by atoms with Crippen LogP contribution >= 0.6 is 11.6 Å². The zero-order valence-electron chi connectivity index (χ0n) is 10.6. The SMILES string of the molecule is Cn1nc(-c2cc(C(F)(F)F)ccc2Cl)c2c1NCC2. The van der Waals surface area contributed by atoms with Crippen LogP contribution in [0.3, 0.4) is 0 Å². The Hall–Kier alpha value is -1.69. The maximum Gasteiger partial charge on any atom is 0.416 e. The summed E-state index contributed by atoms with van der Waals surface area (Å²) in [5, 5.41) is 7.72. The van der Waals surface area contributed by atoms with E-state index >= 15 is 0 Å². The normalized spacial score (nSPS) is 14.2. The molecule has 20 heavy (non-hydrogen) atoms. The van der Waals surface area contributed by atoms with E-state index in [1.807, 2.05) is 0 Å². The van der Waals surface area contributed by atoms with Crippen molar-refractivity contribution in [1.82, 2.24) is 9.78 Å². The summed E-state index contributed by atoms with van der Waals surface area (Å²) < 4.78 is 40.1. The van der Waals surface area contributed by atoms with Gasteiger partial charge in [-0.3, -0.25) is 4.68 Å². The van der Waals surface area contributed by atoms with Gasteiger partial charge in [0.05, 0.1) is 16.3 Å². The highest BCUT2D eigenvalue weighted by molar-refractivity contribution is 6.33. The van der Waals surface area contributed by atoms with Crippen molar-refractivity contribution in [1.29, 1.82) is 0 Å². The van der Waals surface area contributed by atoms with Crippen LogP contribution in [0.2, 0.25) is 5.02 Å². The molecule has 0 aliphatic carbocycles. The highest BCUT2D eigenvalue weighted by Gasteiger charge is 2.32. The molecule has 0 unspecified atom stereocenters. The van der Waals surface area contributed by atoms with Crippen LogP contribution in [0.5, 0.6) is 0 Å². The topological polar surface area (TPSA) is 29.9 Å². The summed E-state index contributed by atoms with van der Waals surface area (Å²) in [5.41, 5.74) is 1.03. The van der Waals surface area contributed by atoms with Gasteiger partial charge in [-0.2, -0.15) is 18.3 Å². The molecular weight excluding hydrogens is 291 g/mol. The summed E-state index contributed by atoms with van der Waals surface area (Å²) in [6.45, 7) is 0.755. The predicted octanol–water partition coefficient (Wildman–Crippen LogP) is 3.73. The summed E-state index contributed by atoms with van der Waals surface area (Å²) in [5.74, 6) is 0.841. The zero-order valence-corrected chi connectivity index (χ0v) is 11.3. The number of halogens is 4. The smallest absolute Gasteiger partial charge is 0.370 e. The monoisotopic (exact) mass is 301 g/mol. The first-order valence-electron chi connectivity index (χ1n) is 6.05. The van der Waals surface area contributed by atoms with Crippen molar-refractivity contribution in [3.8, 4) is 11.3 Å². The van der Waals surface area contributed by atoms with Crippen LogP contribution in [0, 0.1) is 0 Å². The number of benzene rings is 1. The third-order valence-corrected chi connectivity index (χ3v) is 3.69. The van der Waals surface area contributed by atoms with Crippen LogP contribution < -0.4 is 5.32 Å². The lowest BCUT2D eigenvalue weighted by molar-refractivity contribution is -0.137. The van der Waals surface area contributed by atoms with Gasteiger partial charge in [-0.15, -0.1) is 0 Å². The highest BCUT2D eigenvalue weighted by Crippen LogP contribution is 2.39. The summed E-state index contributed by atoms with van der Waals surface area (Å²) in [6.07, 6.45) is -3.67. The third kappa shape index (κ3) is 2.04. The van der Waals surface area contributed by atoms with Crippen molar-refractivity contribution >= 4 is 17.4 Å². The van der Waals surface area contributed by atoms with Crippen molar-refractivity contribution in [3.05, 3.63) is 34.3 Å². The molecule has 1 aromatic heterocycles. The number of alkyl halides is 3. The van der Waals surface area contributed by atoms with E-state index in [1.165, 1.54) is 6.07 Å². The Labute approximate surface area is 118 Å². The molecule has 1 N–H and O–H groups in total. The molecule has 1 aliphatic heterocycles. The number of rotatable bonds is 1. The van der Waals surface area contributed by atoms with Crippen molar-refractivity contribution in [3.63, 3.8) is 0 Å². The van der Waals surface area contributed by atoms with Crippen LogP contribution in [-0.4, -0.2) is 16.3 Å². The van der Waals surface area contributed by atoms with Crippen molar-refractivity contribution in [2.75, 3.05) is 11.9 Å². The van der Waals surface area contributed by atoms with E-state index in [-0.39, 0.29) is 5.02 Å². The Morgan fingerprint density at radius 2 is 2.10 bits per heavy atom. The molecule has 0 fully saturated rings. The van der Waals surface area contributed by atoms with E-state index in [9.17, 15) is 13.2 Å². The average molecular weight is 302 g/mol. The first kappa shape index (κ1) is 13.3. The molecule has 0 saturated heterocycles. The van der Waals surface area contributed by atoms with Gasteiger partial charge in [0, 0.05) is 24.7 Å². The maximum atomic E-state index is 12.8. The van der Waals surface area contributed by atoms with E-state index in [1.54, 1.807) is 11.7 Å². The third-order valence-electron chi connectivity index (χ3n) is 3.36. The van der Waals surface area contributed by atoms with E-state index in [4.69, 9.17) is 11.6 Å². The largest absolute Gasteiger partial charge is 0.416 e. The van der Waals surface area contributed by atoms with Gasteiger partial charge in [0.15, 0.2) is 0 Å². The molecule has 7 heteroatoms. The minimum Gasteiger partial charge on any atom is -0.370 e. The number of nitrogens with zero attached hydrogens (tertiary/aromatic N) is 2. The van der Waals surface area contributed by atoms with Crippen LogP contribution in [0.15, 0.2) is 18.2 Å². The maximum absolute atomic E-state index is 12.8. The molecule has 0 radical (unpaired) electrons. The molecular formula is C13H11ClF3N3. The van der Waals surface area contributed by atoms with Gasteiger partial charge in [-0.25, -0.2) is 0 Å². The fraction of sp³-hybridized carbons (Fsp3) is 0.308. The van der Waals surface area contributed by atoms with E-state index in [2.05, 4.69) is 10.4 Å². The molecule has 0 amide bonds. The molecule has 106 valence electrons. The Bertz CT molecular complexity index is 676. The number of hydrogen-bond donors (Lipinski definition) is 1. The summed E-state index contributed by atoms with van der Waals surface area (Å²) >= 11 is 6.05. The lowest BCUT2D eigenvalue weighted by atomic mass is 10.0. The number of anilines is 1. The standard InChI is InChI=1S/C13H11ClF3N3/c1-20-12-8(4-5-18-12)11(19-20)9-6-7(13(15,16)17)2-3-10(9)14/h2-3,6,18H,4-5H2,1H3. The second-order valence-electron chi connectivity index (χ2n) is 4.67. The first-order valence-corrected chi connectivity index (χ1v) is 6.42. The quantitative estimate of drug-likeness (QED) is 0.870. The predicted molar refractivity (Wildman–Crippen MR) is 70.8 cm³/mol. The second-order valence-corrected chi connectivity index (χ2v) is 5.08. The van der Waals surface area contributed by atoms with E-state index in [0.29, 0.717) is 11.3 Å². The molecule has 0 atom stereocenters. The van der Waals surface area contributed by atoms with Crippen LogP contribution in [0.25, 0.3) is 11.3 Å². The summed E-state index contributed by atoms with van der Waals surface area (Å²) in [7, 11) is 1.75. The molecule has 3 rings (SSSR count). The first-order chi connectivity index (χ1) is 9.38. The summed E-state index contributed by atoms with van der Waals surface area (Å²) in [4.78, 5) is 0. The van der Waals surface area contributed by atoms with E-state index < -0.39 is 11.7 Å². The van der Waals surface area contributed by atoms with Crippen LogP contribution in [0.4, 0.5) is 19.0 Å². The molecule has 1 aliphatic rings. The Kier molecular flexibility index (Phi) is 2.93. The van der Waals surface area contributed by atoms with Gasteiger partial charge in [0.25, 0.3) is 0 Å². The number of hydrogen-bond acceptors (Lipinski definition) is 2. The van der Waals surface area contributed by atoms with Crippen molar-refractivity contribution in [2.24, 2.45) is 7.05 Å². The molecule has 3 nitrogen and oxygen atoms in total. The average Bonchev–Trinajstić information content (AvgIpc) is 2.93. The fourth-order valence-corrected chi connectivity index (χ4v) is 2.64. The number of aryl methyl sites for hydroxylation is 1. The lowest BCUT2D eigenvalue weighted by Gasteiger charge is -2.09. The Morgan fingerprint density at radius 3 is 2.80 bits per heavy atom. The van der Waals surface area contributed by atoms with Gasteiger partial charge >= 0.3 is 6.18 Å². The minimum absolute atomic E-state index is 0.269. The molecule has 2 heterocycles. The van der Waals surface area contributed by atoms with E-state index in [0.717, 1.165) is 36.5 Å². The number of nitrogens with one attached hydrogen (secondary N) is 1.